The molecule has 1 spiro atoms. The minimum Gasteiger partial charge on any atom is -0.310 e. The molecule has 2 aliphatic rings. The molecule has 0 aliphatic carbocycles. The van der Waals surface area contributed by atoms with E-state index in [1.165, 1.54) is 58.2 Å². The summed E-state index contributed by atoms with van der Waals surface area (Å²) in [5.41, 5.74) is 0.490. The van der Waals surface area contributed by atoms with Gasteiger partial charge < -0.3 is 10.2 Å². The van der Waals surface area contributed by atoms with Gasteiger partial charge in [0.2, 0.25) is 0 Å². The minimum atomic E-state index is 0.490. The summed E-state index contributed by atoms with van der Waals surface area (Å²) < 4.78 is 0. The maximum atomic E-state index is 3.76. The first kappa shape index (κ1) is 9.47. The van der Waals surface area contributed by atoms with Gasteiger partial charge in [-0.05, 0) is 45.8 Å². The van der Waals surface area contributed by atoms with Gasteiger partial charge in [0.05, 0.1) is 0 Å². The fourth-order valence-corrected chi connectivity index (χ4v) is 2.90. The summed E-state index contributed by atoms with van der Waals surface area (Å²) in [6.07, 6.45) is 8.41. The molecular formula is C11H22N2. The Morgan fingerprint density at radius 1 is 1.08 bits per heavy atom. The first-order valence-electron chi connectivity index (χ1n) is 5.74. The van der Waals surface area contributed by atoms with Gasteiger partial charge in [-0.3, -0.25) is 0 Å². The first-order valence-corrected chi connectivity index (χ1v) is 5.74. The van der Waals surface area contributed by atoms with Crippen molar-refractivity contribution in [2.75, 3.05) is 26.7 Å². The SMILES string of the molecule is CN1CCCCC2(CCCCN2)C1. The number of hydrogen-bond donors (Lipinski definition) is 1. The highest BCUT2D eigenvalue weighted by Crippen LogP contribution is 2.28. The molecule has 2 heterocycles. The molecule has 2 nitrogen and oxygen atoms in total. The van der Waals surface area contributed by atoms with Crippen molar-refractivity contribution in [2.24, 2.45) is 0 Å². The van der Waals surface area contributed by atoms with Gasteiger partial charge in [-0.2, -0.15) is 0 Å². The molecule has 13 heavy (non-hydrogen) atoms. The van der Waals surface area contributed by atoms with Crippen LogP contribution in [0.5, 0.6) is 0 Å². The van der Waals surface area contributed by atoms with Crippen LogP contribution in [0.3, 0.4) is 0 Å². The number of piperidine rings is 1. The quantitative estimate of drug-likeness (QED) is 0.612. The van der Waals surface area contributed by atoms with Gasteiger partial charge in [-0.15, -0.1) is 0 Å². The lowest BCUT2D eigenvalue weighted by Gasteiger charge is -2.39. The summed E-state index contributed by atoms with van der Waals surface area (Å²) >= 11 is 0. The molecule has 0 aromatic heterocycles. The van der Waals surface area contributed by atoms with E-state index in [2.05, 4.69) is 17.3 Å². The number of likely N-dealkylation sites (N-methyl/N-ethyl adjacent to an activating group) is 1. The normalized spacial score (nSPS) is 37.6. The number of hydrogen-bond acceptors (Lipinski definition) is 2. The zero-order valence-electron chi connectivity index (χ0n) is 8.81. The molecule has 0 aromatic carbocycles. The van der Waals surface area contributed by atoms with E-state index in [0.29, 0.717) is 5.54 Å². The third kappa shape index (κ3) is 2.23. The lowest BCUT2D eigenvalue weighted by molar-refractivity contribution is 0.182. The summed E-state index contributed by atoms with van der Waals surface area (Å²) in [5.74, 6) is 0. The van der Waals surface area contributed by atoms with Gasteiger partial charge in [0.15, 0.2) is 0 Å². The molecule has 76 valence electrons. The van der Waals surface area contributed by atoms with Crippen molar-refractivity contribution >= 4 is 0 Å². The monoisotopic (exact) mass is 182 g/mol. The lowest BCUT2D eigenvalue weighted by atomic mass is 9.85. The van der Waals surface area contributed by atoms with E-state index in [1.54, 1.807) is 0 Å². The molecule has 0 saturated carbocycles. The zero-order valence-corrected chi connectivity index (χ0v) is 8.81. The van der Waals surface area contributed by atoms with Crippen molar-refractivity contribution in [1.29, 1.82) is 0 Å². The molecule has 0 aromatic rings. The lowest BCUT2D eigenvalue weighted by Crippen LogP contribution is -2.54. The second-order valence-electron chi connectivity index (χ2n) is 4.86. The fraction of sp³-hybridized carbons (Fsp3) is 1.00. The van der Waals surface area contributed by atoms with E-state index < -0.39 is 0 Å². The van der Waals surface area contributed by atoms with Gasteiger partial charge >= 0.3 is 0 Å². The number of rotatable bonds is 0. The molecule has 2 rings (SSSR count). The van der Waals surface area contributed by atoms with Crippen molar-refractivity contribution < 1.29 is 0 Å². The van der Waals surface area contributed by atoms with Gasteiger partial charge in [-0.25, -0.2) is 0 Å². The summed E-state index contributed by atoms with van der Waals surface area (Å²) in [7, 11) is 2.27. The van der Waals surface area contributed by atoms with E-state index in [0.717, 1.165) is 0 Å². The van der Waals surface area contributed by atoms with Crippen molar-refractivity contribution in [3.8, 4) is 0 Å². The van der Waals surface area contributed by atoms with Crippen LogP contribution in [-0.2, 0) is 0 Å². The highest BCUT2D eigenvalue weighted by molar-refractivity contribution is 4.94. The molecule has 2 saturated heterocycles. The molecule has 0 radical (unpaired) electrons. The third-order valence-corrected chi connectivity index (χ3v) is 3.60. The van der Waals surface area contributed by atoms with Crippen LogP contribution in [0.2, 0.25) is 0 Å². The van der Waals surface area contributed by atoms with E-state index in [-0.39, 0.29) is 0 Å². The summed E-state index contributed by atoms with van der Waals surface area (Å²) in [5, 5.41) is 3.76. The molecule has 2 heteroatoms. The Labute approximate surface area is 81.7 Å². The van der Waals surface area contributed by atoms with Crippen molar-refractivity contribution in [3.63, 3.8) is 0 Å². The molecule has 2 aliphatic heterocycles. The third-order valence-electron chi connectivity index (χ3n) is 3.60. The summed E-state index contributed by atoms with van der Waals surface area (Å²) in [6, 6.07) is 0. The molecule has 2 fully saturated rings. The highest BCUT2D eigenvalue weighted by Gasteiger charge is 2.33. The molecule has 1 unspecified atom stereocenters. The largest absolute Gasteiger partial charge is 0.310 e. The van der Waals surface area contributed by atoms with Crippen LogP contribution in [0.25, 0.3) is 0 Å². The molecule has 0 amide bonds. The predicted molar refractivity (Wildman–Crippen MR) is 55.9 cm³/mol. The molecule has 1 N–H and O–H groups in total. The smallest absolute Gasteiger partial charge is 0.0308 e. The van der Waals surface area contributed by atoms with Crippen LogP contribution in [0.15, 0.2) is 0 Å². The van der Waals surface area contributed by atoms with E-state index in [9.17, 15) is 0 Å². The average molecular weight is 182 g/mol. The molecular weight excluding hydrogens is 160 g/mol. The van der Waals surface area contributed by atoms with E-state index >= 15 is 0 Å². The standard InChI is InChI=1S/C11H22N2/c1-13-9-5-3-7-11(10-13)6-2-4-8-12-11/h12H,2-10H2,1H3. The van der Waals surface area contributed by atoms with Gasteiger partial charge in [0, 0.05) is 12.1 Å². The Hall–Kier alpha value is -0.0800. The van der Waals surface area contributed by atoms with E-state index in [1.807, 2.05) is 0 Å². The van der Waals surface area contributed by atoms with Crippen LogP contribution >= 0.6 is 0 Å². The first-order chi connectivity index (χ1) is 6.31. The average Bonchev–Trinajstić information content (AvgIpc) is 2.29. The Balaban J connectivity index is 2.00. The van der Waals surface area contributed by atoms with Gasteiger partial charge in [0.1, 0.15) is 0 Å². The zero-order chi connectivity index (χ0) is 9.15. The number of nitrogens with one attached hydrogen (secondary N) is 1. The summed E-state index contributed by atoms with van der Waals surface area (Å²) in [6.45, 7) is 3.81. The Kier molecular flexibility index (Phi) is 2.89. The Morgan fingerprint density at radius 2 is 1.85 bits per heavy atom. The predicted octanol–water partition coefficient (Wildman–Crippen LogP) is 1.61. The maximum absolute atomic E-state index is 3.76. The fourth-order valence-electron chi connectivity index (χ4n) is 2.90. The van der Waals surface area contributed by atoms with Crippen LogP contribution in [0, 0.1) is 0 Å². The molecule has 0 bridgehead atoms. The van der Waals surface area contributed by atoms with Crippen LogP contribution in [0.4, 0.5) is 0 Å². The van der Waals surface area contributed by atoms with Crippen LogP contribution < -0.4 is 5.32 Å². The highest BCUT2D eigenvalue weighted by atomic mass is 15.2. The van der Waals surface area contributed by atoms with Crippen molar-refractivity contribution in [1.82, 2.24) is 10.2 Å². The Bertz CT molecular complexity index is 161. The van der Waals surface area contributed by atoms with Crippen molar-refractivity contribution in [2.45, 2.75) is 44.1 Å². The van der Waals surface area contributed by atoms with Crippen molar-refractivity contribution in [3.05, 3.63) is 0 Å². The topological polar surface area (TPSA) is 15.3 Å². The second kappa shape index (κ2) is 3.97. The molecule has 1 atom stereocenters. The van der Waals surface area contributed by atoms with E-state index in [4.69, 9.17) is 0 Å². The Morgan fingerprint density at radius 3 is 2.62 bits per heavy atom. The second-order valence-corrected chi connectivity index (χ2v) is 4.86. The van der Waals surface area contributed by atoms with Crippen LogP contribution in [-0.4, -0.2) is 37.1 Å². The maximum Gasteiger partial charge on any atom is 0.0308 e. The minimum absolute atomic E-state index is 0.490. The van der Waals surface area contributed by atoms with Crippen LogP contribution in [0.1, 0.15) is 38.5 Å². The summed E-state index contributed by atoms with van der Waals surface area (Å²) in [4.78, 5) is 2.51. The number of nitrogens with zero attached hydrogens (tertiary/aromatic N) is 1. The number of likely N-dealkylation sites (tertiary alicyclic amines) is 1. The van der Waals surface area contributed by atoms with Gasteiger partial charge in [0.25, 0.3) is 0 Å². The van der Waals surface area contributed by atoms with Gasteiger partial charge in [-0.1, -0.05) is 12.8 Å².